The third-order valence-electron chi connectivity index (χ3n) is 3.78. The van der Waals surface area contributed by atoms with Crippen molar-refractivity contribution in [2.24, 2.45) is 0 Å². The first-order chi connectivity index (χ1) is 10.8. The Hall–Kier alpha value is -1.58. The molecule has 4 nitrogen and oxygen atoms in total. The largest absolute Gasteiger partial charge is 0.448 e. The van der Waals surface area contributed by atoms with Gasteiger partial charge in [-0.2, -0.15) is 0 Å². The number of rotatable bonds is 13. The number of hydrogen-bond donors (Lipinski definition) is 1. The van der Waals surface area contributed by atoms with Crippen LogP contribution in [0.5, 0.6) is 0 Å². The predicted octanol–water partition coefficient (Wildman–Crippen LogP) is 4.74. The van der Waals surface area contributed by atoms with Gasteiger partial charge in [-0.3, -0.25) is 9.59 Å². The fraction of sp³-hybridized carbons (Fsp3) is 0.667. The maximum Gasteiger partial charge on any atom is 0.287 e. The van der Waals surface area contributed by atoms with Gasteiger partial charge in [-0.25, -0.2) is 0 Å². The van der Waals surface area contributed by atoms with Crippen molar-refractivity contribution in [3.05, 3.63) is 23.7 Å². The molecule has 4 heteroatoms. The van der Waals surface area contributed by atoms with Gasteiger partial charge in [0.2, 0.25) is 0 Å². The molecule has 0 unspecified atom stereocenters. The molecule has 0 aliphatic heterocycles. The zero-order chi connectivity index (χ0) is 16.0. The van der Waals surface area contributed by atoms with Gasteiger partial charge in [-0.05, 0) is 18.6 Å². The molecule has 0 radical (unpaired) electrons. The summed E-state index contributed by atoms with van der Waals surface area (Å²) in [6.45, 7) is 2.90. The van der Waals surface area contributed by atoms with Gasteiger partial charge in [0.05, 0.1) is 0 Å². The molecule has 0 aliphatic carbocycles. The van der Waals surface area contributed by atoms with Crippen molar-refractivity contribution in [3.8, 4) is 0 Å². The third-order valence-corrected chi connectivity index (χ3v) is 3.78. The first kappa shape index (κ1) is 18.5. The zero-order valence-electron chi connectivity index (χ0n) is 13.7. The second kappa shape index (κ2) is 12.0. The molecule has 0 fully saturated rings. The second-order valence-electron chi connectivity index (χ2n) is 5.76. The molecule has 1 heterocycles. The van der Waals surface area contributed by atoms with Gasteiger partial charge >= 0.3 is 0 Å². The van der Waals surface area contributed by atoms with Gasteiger partial charge in [0, 0.05) is 6.54 Å². The van der Waals surface area contributed by atoms with Gasteiger partial charge in [0.1, 0.15) is 0 Å². The van der Waals surface area contributed by atoms with Crippen molar-refractivity contribution >= 4 is 12.2 Å². The van der Waals surface area contributed by atoms with Crippen LogP contribution in [0.25, 0.3) is 0 Å². The summed E-state index contributed by atoms with van der Waals surface area (Å²) in [7, 11) is 0. The molecule has 0 aliphatic rings. The smallest absolute Gasteiger partial charge is 0.287 e. The van der Waals surface area contributed by atoms with Crippen molar-refractivity contribution in [2.45, 2.75) is 71.1 Å². The number of aldehydes is 1. The van der Waals surface area contributed by atoms with E-state index >= 15 is 0 Å². The summed E-state index contributed by atoms with van der Waals surface area (Å²) in [5.41, 5.74) is 0. The Morgan fingerprint density at radius 1 is 1.00 bits per heavy atom. The highest BCUT2D eigenvalue weighted by molar-refractivity contribution is 5.92. The Bertz CT molecular complexity index is 426. The molecule has 0 atom stereocenters. The van der Waals surface area contributed by atoms with E-state index in [1.807, 2.05) is 0 Å². The Labute approximate surface area is 133 Å². The normalized spacial score (nSPS) is 10.6. The Morgan fingerprint density at radius 3 is 2.14 bits per heavy atom. The summed E-state index contributed by atoms with van der Waals surface area (Å²) in [5, 5.41) is 2.81. The van der Waals surface area contributed by atoms with E-state index in [9.17, 15) is 9.59 Å². The van der Waals surface area contributed by atoms with Crippen LogP contribution in [-0.4, -0.2) is 18.7 Å². The summed E-state index contributed by atoms with van der Waals surface area (Å²) in [4.78, 5) is 22.2. The molecule has 0 aromatic carbocycles. The lowest BCUT2D eigenvalue weighted by Gasteiger charge is -2.04. The standard InChI is InChI=1S/C18H29NO3/c1-2-3-4-5-6-7-8-9-10-11-14-19-18(21)17-13-12-16(15-20)22-17/h12-13,15H,2-11,14H2,1H3,(H,19,21). The molecule has 1 rings (SSSR count). The molecular weight excluding hydrogens is 278 g/mol. The number of hydrogen-bond acceptors (Lipinski definition) is 3. The van der Waals surface area contributed by atoms with E-state index in [-0.39, 0.29) is 17.4 Å². The molecule has 22 heavy (non-hydrogen) atoms. The summed E-state index contributed by atoms with van der Waals surface area (Å²) < 4.78 is 5.06. The van der Waals surface area contributed by atoms with E-state index in [1.165, 1.54) is 63.5 Å². The van der Waals surface area contributed by atoms with Gasteiger partial charge in [-0.15, -0.1) is 0 Å². The fourth-order valence-corrected chi connectivity index (χ4v) is 2.44. The molecule has 0 bridgehead atoms. The number of nitrogens with one attached hydrogen (secondary N) is 1. The van der Waals surface area contributed by atoms with Crippen LogP contribution in [0.2, 0.25) is 0 Å². The van der Waals surface area contributed by atoms with E-state index in [0.29, 0.717) is 12.8 Å². The number of unbranched alkanes of at least 4 members (excludes halogenated alkanes) is 9. The van der Waals surface area contributed by atoms with E-state index in [2.05, 4.69) is 12.2 Å². The summed E-state index contributed by atoms with van der Waals surface area (Å²) in [6.07, 6.45) is 13.4. The van der Waals surface area contributed by atoms with Crippen LogP contribution in [0.4, 0.5) is 0 Å². The Morgan fingerprint density at radius 2 is 1.59 bits per heavy atom. The molecule has 0 saturated heterocycles. The SMILES string of the molecule is CCCCCCCCCCCCNC(=O)c1ccc(C=O)o1. The van der Waals surface area contributed by atoms with Crippen LogP contribution in [0.1, 0.15) is 92.2 Å². The minimum Gasteiger partial charge on any atom is -0.448 e. The van der Waals surface area contributed by atoms with E-state index in [1.54, 1.807) is 0 Å². The highest BCUT2D eigenvalue weighted by atomic mass is 16.4. The summed E-state index contributed by atoms with van der Waals surface area (Å²) >= 11 is 0. The van der Waals surface area contributed by atoms with Crippen LogP contribution in [-0.2, 0) is 0 Å². The monoisotopic (exact) mass is 307 g/mol. The number of carbonyl (C=O) groups is 2. The zero-order valence-corrected chi connectivity index (χ0v) is 13.7. The Kier molecular flexibility index (Phi) is 10.1. The molecule has 1 aromatic rings. The van der Waals surface area contributed by atoms with Crippen LogP contribution in [0.3, 0.4) is 0 Å². The molecule has 1 N–H and O–H groups in total. The molecule has 124 valence electrons. The van der Waals surface area contributed by atoms with Crippen molar-refractivity contribution in [3.63, 3.8) is 0 Å². The van der Waals surface area contributed by atoms with Crippen LogP contribution < -0.4 is 5.32 Å². The fourth-order valence-electron chi connectivity index (χ4n) is 2.44. The van der Waals surface area contributed by atoms with Crippen LogP contribution in [0.15, 0.2) is 16.5 Å². The maximum atomic E-state index is 11.7. The van der Waals surface area contributed by atoms with Crippen molar-refractivity contribution in [1.82, 2.24) is 5.32 Å². The van der Waals surface area contributed by atoms with Gasteiger partial charge in [0.15, 0.2) is 17.8 Å². The van der Waals surface area contributed by atoms with Crippen molar-refractivity contribution < 1.29 is 14.0 Å². The quantitative estimate of drug-likeness (QED) is 0.423. The number of amides is 1. The first-order valence-corrected chi connectivity index (χ1v) is 8.61. The average molecular weight is 307 g/mol. The average Bonchev–Trinajstić information content (AvgIpc) is 3.01. The predicted molar refractivity (Wildman–Crippen MR) is 88.3 cm³/mol. The third kappa shape index (κ3) is 8.01. The Balaban J connectivity index is 1.92. The maximum absolute atomic E-state index is 11.7. The molecule has 0 spiro atoms. The van der Waals surface area contributed by atoms with Gasteiger partial charge in [0.25, 0.3) is 5.91 Å². The second-order valence-corrected chi connectivity index (χ2v) is 5.76. The molecule has 0 saturated carbocycles. The van der Waals surface area contributed by atoms with E-state index < -0.39 is 0 Å². The highest BCUT2D eigenvalue weighted by Crippen LogP contribution is 2.10. The van der Waals surface area contributed by atoms with Crippen molar-refractivity contribution in [1.29, 1.82) is 0 Å². The minimum absolute atomic E-state index is 0.184. The lowest BCUT2D eigenvalue weighted by Crippen LogP contribution is -2.23. The number of carbonyl (C=O) groups excluding carboxylic acids is 2. The highest BCUT2D eigenvalue weighted by Gasteiger charge is 2.09. The summed E-state index contributed by atoms with van der Waals surface area (Å²) in [5.74, 6) is 0.141. The first-order valence-electron chi connectivity index (χ1n) is 8.61. The molecule has 1 amide bonds. The topological polar surface area (TPSA) is 59.3 Å². The van der Waals surface area contributed by atoms with Gasteiger partial charge in [-0.1, -0.05) is 64.7 Å². The number of furan rings is 1. The summed E-state index contributed by atoms with van der Waals surface area (Å²) in [6, 6.07) is 3.03. The van der Waals surface area contributed by atoms with Crippen molar-refractivity contribution in [2.75, 3.05) is 6.54 Å². The lowest BCUT2D eigenvalue weighted by molar-refractivity contribution is 0.0922. The van der Waals surface area contributed by atoms with Crippen LogP contribution in [0, 0.1) is 0 Å². The molecule has 1 aromatic heterocycles. The lowest BCUT2D eigenvalue weighted by atomic mass is 10.1. The van der Waals surface area contributed by atoms with E-state index in [0.717, 1.165) is 12.8 Å². The van der Waals surface area contributed by atoms with Gasteiger partial charge < -0.3 is 9.73 Å². The minimum atomic E-state index is -0.246. The van der Waals surface area contributed by atoms with Crippen LogP contribution >= 0.6 is 0 Å². The molecular formula is C18H29NO3. The van der Waals surface area contributed by atoms with E-state index in [4.69, 9.17) is 4.42 Å².